The van der Waals surface area contributed by atoms with Gasteiger partial charge in [-0.15, -0.1) is 0 Å². The van der Waals surface area contributed by atoms with Gasteiger partial charge in [0.2, 0.25) is 0 Å². The van der Waals surface area contributed by atoms with Crippen molar-refractivity contribution in [1.82, 2.24) is 14.5 Å². The molecule has 1 fully saturated rings. The molecule has 1 aromatic carbocycles. The van der Waals surface area contributed by atoms with Crippen molar-refractivity contribution in [3.05, 3.63) is 51.7 Å². The number of aromatic nitrogens is 3. The van der Waals surface area contributed by atoms with Crippen LogP contribution in [0.4, 0.5) is 0 Å². The Morgan fingerprint density at radius 1 is 1.23 bits per heavy atom. The molecule has 0 bridgehead atoms. The van der Waals surface area contributed by atoms with Crippen LogP contribution in [0.15, 0.2) is 40.2 Å². The zero-order valence-corrected chi connectivity index (χ0v) is 18.5. The van der Waals surface area contributed by atoms with Crippen LogP contribution in [0.25, 0.3) is 22.2 Å². The Bertz CT molecular complexity index is 1320. The van der Waals surface area contributed by atoms with E-state index in [9.17, 15) is 13.2 Å². The summed E-state index contributed by atoms with van der Waals surface area (Å²) in [6.07, 6.45) is 2.06. The van der Waals surface area contributed by atoms with Gasteiger partial charge in [0.15, 0.2) is 16.1 Å². The molecule has 3 heterocycles. The van der Waals surface area contributed by atoms with Crippen LogP contribution >= 0.6 is 11.6 Å². The molecule has 3 aromatic rings. The van der Waals surface area contributed by atoms with Crippen LogP contribution in [0, 0.1) is 6.92 Å². The summed E-state index contributed by atoms with van der Waals surface area (Å²) < 4.78 is 36.3. The minimum atomic E-state index is -3.44. The molecule has 0 radical (unpaired) electrons. The predicted octanol–water partition coefficient (Wildman–Crippen LogP) is 1.52. The minimum absolute atomic E-state index is 0.0710. The molecule has 1 saturated heterocycles. The van der Waals surface area contributed by atoms with Crippen molar-refractivity contribution in [1.29, 1.82) is 0 Å². The van der Waals surface area contributed by atoms with E-state index in [0.29, 0.717) is 35.6 Å². The molecule has 9 nitrogen and oxygen atoms in total. The van der Waals surface area contributed by atoms with E-state index in [1.54, 1.807) is 19.2 Å². The van der Waals surface area contributed by atoms with Gasteiger partial charge in [0.05, 0.1) is 30.7 Å². The first kappa shape index (κ1) is 21.8. The molecule has 31 heavy (non-hydrogen) atoms. The van der Waals surface area contributed by atoms with E-state index in [1.165, 1.54) is 22.8 Å². The number of aryl methyl sites for hydroxylation is 1. The SMILES string of the molecule is Cc1ncc2cc(-c3ccc(S(C)(=O)=O)cc3Cl)c(=O)n(CC3OCC(N)CO3)c2n1. The number of halogens is 1. The summed E-state index contributed by atoms with van der Waals surface area (Å²) in [6.45, 7) is 2.48. The fourth-order valence-electron chi connectivity index (χ4n) is 3.36. The lowest BCUT2D eigenvalue weighted by Crippen LogP contribution is -2.43. The Labute approximate surface area is 183 Å². The van der Waals surface area contributed by atoms with E-state index < -0.39 is 16.1 Å². The molecule has 0 amide bonds. The number of nitrogens with zero attached hydrogens (tertiary/aromatic N) is 3. The number of ether oxygens (including phenoxy) is 2. The zero-order chi connectivity index (χ0) is 22.3. The highest BCUT2D eigenvalue weighted by molar-refractivity contribution is 7.90. The van der Waals surface area contributed by atoms with Gasteiger partial charge in [-0.2, -0.15) is 0 Å². The number of fused-ring (bicyclic) bond motifs is 1. The van der Waals surface area contributed by atoms with Crippen LogP contribution in [0.5, 0.6) is 0 Å². The van der Waals surface area contributed by atoms with E-state index in [0.717, 1.165) is 6.26 Å². The fraction of sp³-hybridized carbons (Fsp3) is 0.350. The maximum Gasteiger partial charge on any atom is 0.260 e. The average Bonchev–Trinajstić information content (AvgIpc) is 2.71. The molecule has 0 spiro atoms. The third-order valence-electron chi connectivity index (χ3n) is 4.93. The third-order valence-corrected chi connectivity index (χ3v) is 6.35. The summed E-state index contributed by atoms with van der Waals surface area (Å²) in [6, 6.07) is 5.71. The first-order chi connectivity index (χ1) is 14.6. The predicted molar refractivity (Wildman–Crippen MR) is 116 cm³/mol. The third kappa shape index (κ3) is 4.48. The molecule has 2 aromatic heterocycles. The number of hydrogen-bond donors (Lipinski definition) is 1. The van der Waals surface area contributed by atoms with Crippen molar-refractivity contribution in [2.24, 2.45) is 5.73 Å². The molecule has 11 heteroatoms. The molecule has 0 unspecified atom stereocenters. The molecule has 1 aliphatic rings. The molecule has 0 aliphatic carbocycles. The standard InChI is InChI=1S/C20H21ClN4O5S/c1-11-23-7-12-5-16(15-4-3-14(6-17(15)21)31(2,27)28)20(26)25(19(12)24-11)8-18-29-9-13(22)10-30-18/h3-7,13,18H,8-10,22H2,1-2H3. The summed E-state index contributed by atoms with van der Waals surface area (Å²) in [7, 11) is -3.44. The van der Waals surface area contributed by atoms with E-state index in [1.807, 2.05) is 0 Å². The lowest BCUT2D eigenvalue weighted by molar-refractivity contribution is -0.191. The van der Waals surface area contributed by atoms with Gasteiger partial charge in [-0.05, 0) is 25.1 Å². The summed E-state index contributed by atoms with van der Waals surface area (Å²) >= 11 is 6.37. The van der Waals surface area contributed by atoms with Crippen molar-refractivity contribution < 1.29 is 17.9 Å². The van der Waals surface area contributed by atoms with E-state index in [-0.39, 0.29) is 33.6 Å². The number of nitrogens with two attached hydrogens (primary N) is 1. The number of hydrogen-bond acceptors (Lipinski definition) is 8. The van der Waals surface area contributed by atoms with Gasteiger partial charge < -0.3 is 15.2 Å². The average molecular weight is 465 g/mol. The first-order valence-electron chi connectivity index (χ1n) is 9.49. The van der Waals surface area contributed by atoms with Gasteiger partial charge in [-0.1, -0.05) is 17.7 Å². The molecule has 0 saturated carbocycles. The lowest BCUT2D eigenvalue weighted by Gasteiger charge is -2.28. The van der Waals surface area contributed by atoms with Crippen molar-refractivity contribution in [2.45, 2.75) is 30.7 Å². The van der Waals surface area contributed by atoms with Crippen molar-refractivity contribution >= 4 is 32.5 Å². The molecule has 4 rings (SSSR count). The molecule has 2 N–H and O–H groups in total. The van der Waals surface area contributed by atoms with Gasteiger partial charge in [0.25, 0.3) is 5.56 Å². The maximum atomic E-state index is 13.5. The summed E-state index contributed by atoms with van der Waals surface area (Å²) in [4.78, 5) is 22.2. The van der Waals surface area contributed by atoms with E-state index in [4.69, 9.17) is 26.8 Å². The molecule has 1 aliphatic heterocycles. The van der Waals surface area contributed by atoms with Crippen LogP contribution in [-0.2, 0) is 25.9 Å². The number of rotatable bonds is 4. The number of pyridine rings is 1. The van der Waals surface area contributed by atoms with Crippen LogP contribution < -0.4 is 11.3 Å². The second kappa shape index (κ2) is 8.29. The highest BCUT2D eigenvalue weighted by atomic mass is 35.5. The molecule has 0 atom stereocenters. The Balaban J connectivity index is 1.87. The smallest absolute Gasteiger partial charge is 0.260 e. The normalized spacial score (nSPS) is 19.6. The van der Waals surface area contributed by atoms with Crippen molar-refractivity contribution in [2.75, 3.05) is 19.5 Å². The minimum Gasteiger partial charge on any atom is -0.349 e. The second-order valence-electron chi connectivity index (χ2n) is 7.44. The second-order valence-corrected chi connectivity index (χ2v) is 9.86. The van der Waals surface area contributed by atoms with Gasteiger partial charge in [-0.25, -0.2) is 18.4 Å². The van der Waals surface area contributed by atoms with Gasteiger partial charge in [-0.3, -0.25) is 9.36 Å². The molecule has 164 valence electrons. The fourth-order valence-corrected chi connectivity index (χ4v) is 4.36. The zero-order valence-electron chi connectivity index (χ0n) is 16.9. The van der Waals surface area contributed by atoms with Crippen LogP contribution in [0.1, 0.15) is 5.82 Å². The number of benzene rings is 1. The van der Waals surface area contributed by atoms with Gasteiger partial charge in [0.1, 0.15) is 11.5 Å². The quantitative estimate of drug-likeness (QED) is 0.615. The summed E-state index contributed by atoms with van der Waals surface area (Å²) in [5.74, 6) is 0.511. The Hall–Kier alpha value is -2.37. The number of sulfone groups is 1. The molecular weight excluding hydrogens is 444 g/mol. The van der Waals surface area contributed by atoms with E-state index in [2.05, 4.69) is 9.97 Å². The maximum absolute atomic E-state index is 13.5. The van der Waals surface area contributed by atoms with Crippen molar-refractivity contribution in [3.8, 4) is 11.1 Å². The highest BCUT2D eigenvalue weighted by Crippen LogP contribution is 2.30. The Morgan fingerprint density at radius 3 is 2.58 bits per heavy atom. The Kier molecular flexibility index (Phi) is 5.84. The van der Waals surface area contributed by atoms with Crippen molar-refractivity contribution in [3.63, 3.8) is 0 Å². The highest BCUT2D eigenvalue weighted by Gasteiger charge is 2.23. The van der Waals surface area contributed by atoms with E-state index >= 15 is 0 Å². The Morgan fingerprint density at radius 2 is 1.94 bits per heavy atom. The topological polar surface area (TPSA) is 126 Å². The van der Waals surface area contributed by atoms with Crippen LogP contribution in [0.3, 0.4) is 0 Å². The van der Waals surface area contributed by atoms with Crippen LogP contribution in [0.2, 0.25) is 5.02 Å². The summed E-state index contributed by atoms with van der Waals surface area (Å²) in [5, 5.41) is 0.770. The first-order valence-corrected chi connectivity index (χ1v) is 11.8. The van der Waals surface area contributed by atoms with Gasteiger partial charge in [0, 0.05) is 34.0 Å². The van der Waals surface area contributed by atoms with Gasteiger partial charge >= 0.3 is 0 Å². The molecular formula is C20H21ClN4O5S. The van der Waals surface area contributed by atoms with Crippen LogP contribution in [-0.4, -0.2) is 54.8 Å². The summed E-state index contributed by atoms with van der Waals surface area (Å²) in [5.41, 5.74) is 6.57. The monoisotopic (exact) mass is 464 g/mol. The largest absolute Gasteiger partial charge is 0.349 e. The lowest BCUT2D eigenvalue weighted by atomic mass is 10.1.